The Morgan fingerprint density at radius 3 is 2.52 bits per heavy atom. The molecule has 3 rings (SSSR count). The van der Waals surface area contributed by atoms with Crippen LogP contribution in [0.25, 0.3) is 11.0 Å². The number of nitrogens with zero attached hydrogens (tertiary/aromatic N) is 3. The van der Waals surface area contributed by atoms with Crippen LogP contribution >= 0.6 is 23.2 Å². The molecule has 0 radical (unpaired) electrons. The topological polar surface area (TPSA) is 74.1 Å². The fourth-order valence-corrected chi connectivity index (χ4v) is 3.10. The highest BCUT2D eigenvalue weighted by atomic mass is 35.5. The predicted octanol–water partition coefficient (Wildman–Crippen LogP) is 2.56. The Balaban J connectivity index is 2.07. The number of rotatable bonds is 3. The van der Waals surface area contributed by atoms with Crippen LogP contribution < -0.4 is 4.28 Å². The molecule has 0 amide bonds. The van der Waals surface area contributed by atoms with Crippen LogP contribution in [0.3, 0.4) is 0 Å². The van der Waals surface area contributed by atoms with Crippen molar-refractivity contribution in [2.45, 2.75) is 4.90 Å². The smallest absolute Gasteiger partial charge is 0.264 e. The van der Waals surface area contributed by atoms with Gasteiger partial charge in [0, 0.05) is 5.02 Å². The molecular weight excluding hydrogens is 337 g/mol. The first kappa shape index (κ1) is 14.1. The van der Waals surface area contributed by atoms with Gasteiger partial charge in [-0.25, -0.2) is 0 Å². The summed E-state index contributed by atoms with van der Waals surface area (Å²) in [5.41, 5.74) is 0.552. The van der Waals surface area contributed by atoms with Gasteiger partial charge in [-0.2, -0.15) is 8.42 Å². The SMILES string of the molecule is O=S(=O)(On1nnc2c(Cl)cc(Cl)cc21)c1ccccc1. The van der Waals surface area contributed by atoms with Crippen molar-refractivity contribution < 1.29 is 12.7 Å². The predicted molar refractivity (Wildman–Crippen MR) is 77.8 cm³/mol. The standard InChI is InChI=1S/C12H7Cl2N3O3S/c13-8-6-10(14)12-11(7-8)17(16-15-12)20-21(18,19)9-4-2-1-3-5-9/h1-7H. The van der Waals surface area contributed by atoms with Gasteiger partial charge in [0.2, 0.25) is 0 Å². The Hall–Kier alpha value is -1.83. The third-order valence-electron chi connectivity index (χ3n) is 2.64. The minimum absolute atomic E-state index is 0.00164. The zero-order valence-corrected chi connectivity index (χ0v) is 12.6. The molecule has 0 aliphatic carbocycles. The van der Waals surface area contributed by atoms with E-state index in [4.69, 9.17) is 27.5 Å². The summed E-state index contributed by atoms with van der Waals surface area (Å²) in [7, 11) is -4.03. The summed E-state index contributed by atoms with van der Waals surface area (Å²) in [4.78, 5) is 0.775. The molecule has 0 N–H and O–H groups in total. The van der Waals surface area contributed by atoms with Gasteiger partial charge in [0.15, 0.2) is 0 Å². The Kier molecular flexibility index (Phi) is 3.48. The van der Waals surface area contributed by atoms with Crippen molar-refractivity contribution >= 4 is 44.4 Å². The molecule has 0 atom stereocenters. The normalized spacial score (nSPS) is 11.7. The highest BCUT2D eigenvalue weighted by Crippen LogP contribution is 2.26. The minimum Gasteiger partial charge on any atom is -0.264 e. The molecule has 21 heavy (non-hydrogen) atoms. The Morgan fingerprint density at radius 1 is 1.10 bits per heavy atom. The zero-order valence-electron chi connectivity index (χ0n) is 10.3. The number of hydrogen-bond donors (Lipinski definition) is 0. The number of hydrogen-bond acceptors (Lipinski definition) is 5. The first-order valence-corrected chi connectivity index (χ1v) is 7.84. The number of fused-ring (bicyclic) bond motifs is 1. The van der Waals surface area contributed by atoms with Crippen molar-refractivity contribution in [2.75, 3.05) is 0 Å². The highest BCUT2D eigenvalue weighted by molar-refractivity contribution is 7.87. The summed E-state index contributed by atoms with van der Waals surface area (Å²) in [6.07, 6.45) is 0. The molecule has 0 fully saturated rings. The van der Waals surface area contributed by atoms with Crippen LogP contribution in [-0.4, -0.2) is 23.6 Å². The van der Waals surface area contributed by atoms with E-state index in [9.17, 15) is 8.42 Å². The second-order valence-corrected chi connectivity index (χ2v) is 6.43. The van der Waals surface area contributed by atoms with E-state index in [0.717, 1.165) is 4.85 Å². The number of halogens is 2. The first-order valence-electron chi connectivity index (χ1n) is 5.68. The Bertz CT molecular complexity index is 910. The molecule has 9 heteroatoms. The molecule has 3 aromatic rings. The summed E-state index contributed by atoms with van der Waals surface area (Å²) in [6, 6.07) is 10.6. The average Bonchev–Trinajstić information content (AvgIpc) is 2.82. The largest absolute Gasteiger partial charge is 0.358 e. The van der Waals surface area contributed by atoms with Gasteiger partial charge in [-0.15, -0.1) is 5.10 Å². The summed E-state index contributed by atoms with van der Waals surface area (Å²) in [5, 5.41) is 7.97. The van der Waals surface area contributed by atoms with Crippen molar-refractivity contribution in [3.05, 3.63) is 52.5 Å². The zero-order chi connectivity index (χ0) is 15.0. The van der Waals surface area contributed by atoms with Gasteiger partial charge in [0.1, 0.15) is 15.9 Å². The molecule has 0 aliphatic heterocycles. The van der Waals surface area contributed by atoms with Crippen LogP contribution in [0, 0.1) is 0 Å². The maximum Gasteiger partial charge on any atom is 0.358 e. The fourth-order valence-electron chi connectivity index (χ4n) is 1.71. The lowest BCUT2D eigenvalue weighted by Crippen LogP contribution is -2.21. The van der Waals surface area contributed by atoms with E-state index < -0.39 is 10.1 Å². The maximum atomic E-state index is 12.1. The number of benzene rings is 2. The lowest BCUT2D eigenvalue weighted by Gasteiger charge is -2.05. The molecule has 2 aromatic carbocycles. The molecule has 108 valence electrons. The van der Waals surface area contributed by atoms with Gasteiger partial charge in [-0.3, -0.25) is 4.28 Å². The van der Waals surface area contributed by atoms with Gasteiger partial charge in [0.05, 0.1) is 5.02 Å². The van der Waals surface area contributed by atoms with Gasteiger partial charge in [-0.1, -0.05) is 46.2 Å². The monoisotopic (exact) mass is 343 g/mol. The average molecular weight is 344 g/mol. The molecule has 0 unspecified atom stereocenters. The molecule has 1 aromatic heterocycles. The highest BCUT2D eigenvalue weighted by Gasteiger charge is 2.20. The lowest BCUT2D eigenvalue weighted by atomic mass is 10.3. The molecule has 0 bridgehead atoms. The molecule has 1 heterocycles. The van der Waals surface area contributed by atoms with E-state index >= 15 is 0 Å². The van der Waals surface area contributed by atoms with E-state index in [0.29, 0.717) is 10.5 Å². The summed E-state index contributed by atoms with van der Waals surface area (Å²) in [6.45, 7) is 0. The lowest BCUT2D eigenvalue weighted by molar-refractivity contribution is 0.245. The van der Waals surface area contributed by atoms with Crippen molar-refractivity contribution in [1.82, 2.24) is 15.2 Å². The van der Waals surface area contributed by atoms with Gasteiger partial charge in [0.25, 0.3) is 0 Å². The van der Waals surface area contributed by atoms with Crippen LogP contribution in [0.5, 0.6) is 0 Å². The summed E-state index contributed by atoms with van der Waals surface area (Å²) >= 11 is 11.8. The molecular formula is C12H7Cl2N3O3S. The fraction of sp³-hybridized carbons (Fsp3) is 0. The Labute approximate surface area is 129 Å². The van der Waals surface area contributed by atoms with E-state index in [-0.39, 0.29) is 15.4 Å². The molecule has 0 spiro atoms. The van der Waals surface area contributed by atoms with E-state index in [2.05, 4.69) is 10.3 Å². The Morgan fingerprint density at radius 2 is 1.81 bits per heavy atom. The van der Waals surface area contributed by atoms with E-state index in [1.807, 2.05) is 0 Å². The second-order valence-electron chi connectivity index (χ2n) is 4.06. The van der Waals surface area contributed by atoms with Crippen molar-refractivity contribution in [1.29, 1.82) is 0 Å². The quantitative estimate of drug-likeness (QED) is 0.730. The van der Waals surface area contributed by atoms with E-state index in [1.165, 1.54) is 24.3 Å². The molecule has 0 saturated carbocycles. The molecule has 0 saturated heterocycles. The van der Waals surface area contributed by atoms with Crippen molar-refractivity contribution in [3.63, 3.8) is 0 Å². The van der Waals surface area contributed by atoms with Crippen LogP contribution in [0.15, 0.2) is 47.4 Å². The van der Waals surface area contributed by atoms with Crippen molar-refractivity contribution in [2.24, 2.45) is 0 Å². The van der Waals surface area contributed by atoms with Crippen LogP contribution in [0.2, 0.25) is 10.0 Å². The minimum atomic E-state index is -4.03. The maximum absolute atomic E-state index is 12.1. The summed E-state index contributed by atoms with van der Waals surface area (Å²) < 4.78 is 29.2. The van der Waals surface area contributed by atoms with Gasteiger partial charge in [-0.05, 0) is 29.5 Å². The summed E-state index contributed by atoms with van der Waals surface area (Å²) in [5.74, 6) is 0. The molecule has 0 aliphatic rings. The molecule has 6 nitrogen and oxygen atoms in total. The van der Waals surface area contributed by atoms with Crippen LogP contribution in [0.4, 0.5) is 0 Å². The van der Waals surface area contributed by atoms with Gasteiger partial charge >= 0.3 is 10.1 Å². The number of aromatic nitrogens is 3. The van der Waals surface area contributed by atoms with Gasteiger partial charge < -0.3 is 0 Å². The van der Waals surface area contributed by atoms with E-state index in [1.54, 1.807) is 18.2 Å². The van der Waals surface area contributed by atoms with Crippen LogP contribution in [-0.2, 0) is 10.1 Å². The second kappa shape index (κ2) is 5.18. The van der Waals surface area contributed by atoms with Crippen molar-refractivity contribution in [3.8, 4) is 0 Å². The van der Waals surface area contributed by atoms with Crippen LogP contribution in [0.1, 0.15) is 0 Å². The first-order chi connectivity index (χ1) is 9.97. The third kappa shape index (κ3) is 2.67. The third-order valence-corrected chi connectivity index (χ3v) is 4.33.